The van der Waals surface area contributed by atoms with Crippen molar-refractivity contribution in [1.29, 1.82) is 0 Å². The zero-order valence-electron chi connectivity index (χ0n) is 13.3. The van der Waals surface area contributed by atoms with Gasteiger partial charge in [0.1, 0.15) is 6.10 Å². The van der Waals surface area contributed by atoms with Gasteiger partial charge >= 0.3 is 0 Å². The lowest BCUT2D eigenvalue weighted by molar-refractivity contribution is -0.233. The van der Waals surface area contributed by atoms with E-state index in [4.69, 9.17) is 14.2 Å². The highest BCUT2D eigenvalue weighted by atomic mass is 19.1. The van der Waals surface area contributed by atoms with Crippen LogP contribution in [0.1, 0.15) is 48.5 Å². The fourth-order valence-corrected chi connectivity index (χ4v) is 1.75. The quantitative estimate of drug-likeness (QED) is 0.773. The Morgan fingerprint density at radius 3 is 1.68 bits per heavy atom. The Morgan fingerprint density at radius 2 is 1.32 bits per heavy atom. The number of hydrogen-bond donors (Lipinski definition) is 0. The van der Waals surface area contributed by atoms with E-state index in [9.17, 15) is 8.78 Å². The summed E-state index contributed by atoms with van der Waals surface area (Å²) in [5.74, 6) is 0. The molecule has 0 aromatic heterocycles. The fourth-order valence-electron chi connectivity index (χ4n) is 1.75. The van der Waals surface area contributed by atoms with Gasteiger partial charge < -0.3 is 14.2 Å². The lowest BCUT2D eigenvalue weighted by Gasteiger charge is -2.32. The van der Waals surface area contributed by atoms with Gasteiger partial charge in [-0.1, -0.05) is 0 Å². The normalized spacial score (nSPS) is 31.9. The predicted octanol–water partition coefficient (Wildman–Crippen LogP) is 3.65. The second-order valence-electron chi connectivity index (χ2n) is 6.58. The average Bonchev–Trinajstić information content (AvgIpc) is 2.45. The van der Waals surface area contributed by atoms with Crippen molar-refractivity contribution in [2.45, 2.75) is 84.3 Å². The van der Waals surface area contributed by atoms with Crippen molar-refractivity contribution in [1.82, 2.24) is 0 Å². The molecule has 0 N–H and O–H groups in total. The van der Waals surface area contributed by atoms with Gasteiger partial charge in [0.05, 0.1) is 24.5 Å². The predicted molar refractivity (Wildman–Crippen MR) is 71.7 cm³/mol. The van der Waals surface area contributed by atoms with Crippen molar-refractivity contribution >= 4 is 0 Å². The molecule has 0 aromatic rings. The first kappa shape index (κ1) is 18.7. The van der Waals surface area contributed by atoms with E-state index in [1.165, 1.54) is 0 Å². The maximum atomic E-state index is 14.0. The molecule has 0 saturated carbocycles. The molecular weight excluding hydrogens is 254 g/mol. The molecule has 0 bridgehead atoms. The largest absolute Gasteiger partial charge is 0.364 e. The molecule has 116 valence electrons. The summed E-state index contributed by atoms with van der Waals surface area (Å²) in [6, 6.07) is 0. The summed E-state index contributed by atoms with van der Waals surface area (Å²) in [7, 11) is 0.500. The van der Waals surface area contributed by atoms with Gasteiger partial charge in [-0.3, -0.25) is 4.39 Å². The summed E-state index contributed by atoms with van der Waals surface area (Å²) < 4.78 is 40.4. The Labute approximate surface area is 115 Å². The topological polar surface area (TPSA) is 27.7 Å². The van der Waals surface area contributed by atoms with E-state index < -0.39 is 30.3 Å². The van der Waals surface area contributed by atoms with Crippen LogP contribution in [-0.4, -0.2) is 43.0 Å². The molecule has 1 saturated heterocycles. The third kappa shape index (κ3) is 6.63. The molecule has 3 nitrogen and oxygen atoms in total. The summed E-state index contributed by atoms with van der Waals surface area (Å²) >= 11 is 0. The lowest BCUT2D eigenvalue weighted by Crippen LogP contribution is -2.42. The third-order valence-corrected chi connectivity index (χ3v) is 2.34. The van der Waals surface area contributed by atoms with Gasteiger partial charge in [-0.25, -0.2) is 4.39 Å². The minimum atomic E-state index is -1.15. The number of rotatable bonds is 2. The van der Waals surface area contributed by atoms with Crippen LogP contribution in [0.2, 0.25) is 0 Å². The highest BCUT2D eigenvalue weighted by Crippen LogP contribution is 2.32. The molecule has 1 fully saturated rings. The van der Waals surface area contributed by atoms with E-state index in [0.717, 1.165) is 0 Å². The van der Waals surface area contributed by atoms with Gasteiger partial charge in [0.2, 0.25) is 0 Å². The molecule has 4 atom stereocenters. The van der Waals surface area contributed by atoms with Gasteiger partial charge in [-0.2, -0.15) is 0 Å². The first-order valence-corrected chi connectivity index (χ1v) is 6.52. The van der Waals surface area contributed by atoms with Crippen LogP contribution in [0.5, 0.6) is 0 Å². The Morgan fingerprint density at radius 1 is 0.895 bits per heavy atom. The number of hydrogen-bond acceptors (Lipinski definition) is 3. The SMILES string of the molecule is CC1OC(OC(C)(C)C)C(OC(C)(C)C)C1F.CF. The first-order valence-electron chi connectivity index (χ1n) is 6.52. The average molecular weight is 282 g/mol. The van der Waals surface area contributed by atoms with Crippen molar-refractivity contribution in [2.75, 3.05) is 7.18 Å². The summed E-state index contributed by atoms with van der Waals surface area (Å²) in [6.45, 7) is 13.2. The van der Waals surface area contributed by atoms with E-state index in [1.807, 2.05) is 41.5 Å². The molecule has 1 rings (SSSR count). The molecule has 0 spiro atoms. The molecule has 0 radical (unpaired) electrons. The summed E-state index contributed by atoms with van der Waals surface area (Å²) in [6.07, 6.45) is -2.94. The van der Waals surface area contributed by atoms with Crippen LogP contribution >= 0.6 is 0 Å². The number of ether oxygens (including phenoxy) is 3. The molecule has 0 aromatic carbocycles. The lowest BCUT2D eigenvalue weighted by atomic mass is 10.1. The monoisotopic (exact) mass is 282 g/mol. The molecular formula is C14H28F2O3. The van der Waals surface area contributed by atoms with E-state index in [1.54, 1.807) is 6.92 Å². The minimum Gasteiger partial charge on any atom is -0.364 e. The Balaban J connectivity index is 0.00000154. The molecule has 1 aliphatic rings. The van der Waals surface area contributed by atoms with Crippen LogP contribution < -0.4 is 0 Å². The van der Waals surface area contributed by atoms with E-state index in [-0.39, 0.29) is 5.60 Å². The van der Waals surface area contributed by atoms with Gasteiger partial charge in [0.15, 0.2) is 12.5 Å². The Bertz CT molecular complexity index is 258. The zero-order chi connectivity index (χ0) is 15.4. The Kier molecular flexibility index (Phi) is 6.86. The Hall–Kier alpha value is -0.260. The van der Waals surface area contributed by atoms with Gasteiger partial charge in [0.25, 0.3) is 0 Å². The molecule has 5 heteroatoms. The van der Waals surface area contributed by atoms with E-state index in [2.05, 4.69) is 0 Å². The smallest absolute Gasteiger partial charge is 0.187 e. The summed E-state index contributed by atoms with van der Waals surface area (Å²) in [5.41, 5.74) is -0.796. The van der Waals surface area contributed by atoms with Crippen LogP contribution in [0, 0.1) is 0 Å². The van der Waals surface area contributed by atoms with Crippen LogP contribution in [0.25, 0.3) is 0 Å². The van der Waals surface area contributed by atoms with Crippen LogP contribution in [0.3, 0.4) is 0 Å². The van der Waals surface area contributed by atoms with Gasteiger partial charge in [0, 0.05) is 0 Å². The first-order chi connectivity index (χ1) is 8.49. The maximum Gasteiger partial charge on any atom is 0.187 e. The number of halogens is 2. The van der Waals surface area contributed by atoms with Crippen molar-refractivity contribution in [2.24, 2.45) is 0 Å². The maximum absolute atomic E-state index is 14.0. The van der Waals surface area contributed by atoms with Gasteiger partial charge in [-0.05, 0) is 48.5 Å². The molecule has 0 amide bonds. The van der Waals surface area contributed by atoms with Gasteiger partial charge in [-0.15, -0.1) is 0 Å². The van der Waals surface area contributed by atoms with E-state index in [0.29, 0.717) is 7.18 Å². The second kappa shape index (κ2) is 6.95. The van der Waals surface area contributed by atoms with E-state index >= 15 is 0 Å². The fraction of sp³-hybridized carbons (Fsp3) is 1.00. The van der Waals surface area contributed by atoms with Crippen LogP contribution in [0.15, 0.2) is 0 Å². The standard InChI is InChI=1S/C13H25FO3.CH3F/c1-8-9(14)10(16-12(2,3)4)11(15-8)17-13(5,6)7;1-2/h8-11H,1-7H3;1H3. The molecule has 4 unspecified atom stereocenters. The highest BCUT2D eigenvalue weighted by molar-refractivity contribution is 4.88. The molecule has 1 aliphatic heterocycles. The van der Waals surface area contributed by atoms with Crippen molar-refractivity contribution in [3.05, 3.63) is 0 Å². The zero-order valence-corrected chi connectivity index (χ0v) is 13.3. The molecule has 1 heterocycles. The second-order valence-corrected chi connectivity index (χ2v) is 6.58. The summed E-state index contributed by atoms with van der Waals surface area (Å²) in [4.78, 5) is 0. The molecule has 19 heavy (non-hydrogen) atoms. The van der Waals surface area contributed by atoms with Crippen molar-refractivity contribution < 1.29 is 23.0 Å². The van der Waals surface area contributed by atoms with Crippen molar-refractivity contribution in [3.63, 3.8) is 0 Å². The highest BCUT2D eigenvalue weighted by Gasteiger charge is 2.47. The molecule has 0 aliphatic carbocycles. The number of alkyl halides is 2. The van der Waals surface area contributed by atoms with Crippen molar-refractivity contribution in [3.8, 4) is 0 Å². The third-order valence-electron chi connectivity index (χ3n) is 2.34. The summed E-state index contributed by atoms with van der Waals surface area (Å²) in [5, 5.41) is 0. The minimum absolute atomic E-state index is 0.381. The van der Waals surface area contributed by atoms with Crippen LogP contribution in [0.4, 0.5) is 8.78 Å². The van der Waals surface area contributed by atoms with Crippen LogP contribution in [-0.2, 0) is 14.2 Å².